The highest BCUT2D eigenvalue weighted by Crippen LogP contribution is 2.40. The molecular formula is C27H27ClN2O4. The number of rotatable bonds is 7. The van der Waals surface area contributed by atoms with Gasteiger partial charge in [0.15, 0.2) is 0 Å². The van der Waals surface area contributed by atoms with E-state index in [1.807, 2.05) is 42.5 Å². The fourth-order valence-corrected chi connectivity index (χ4v) is 4.59. The molecule has 0 unspecified atom stereocenters. The number of ether oxygens (including phenoxy) is 2. The van der Waals surface area contributed by atoms with E-state index in [0.29, 0.717) is 41.7 Å². The molecule has 1 aliphatic rings. The number of benzene rings is 3. The first-order chi connectivity index (χ1) is 16.5. The van der Waals surface area contributed by atoms with Gasteiger partial charge in [0, 0.05) is 47.8 Å². The minimum atomic E-state index is -0.436. The molecule has 0 radical (unpaired) electrons. The molecule has 0 spiro atoms. The lowest BCUT2D eigenvalue weighted by atomic mass is 9.87. The highest BCUT2D eigenvalue weighted by atomic mass is 35.5. The van der Waals surface area contributed by atoms with Gasteiger partial charge in [-0.3, -0.25) is 9.59 Å². The smallest absolute Gasteiger partial charge is 0.253 e. The molecule has 3 aromatic rings. The molecule has 176 valence electrons. The molecule has 2 atom stereocenters. The van der Waals surface area contributed by atoms with E-state index >= 15 is 0 Å². The molecule has 34 heavy (non-hydrogen) atoms. The first kappa shape index (κ1) is 23.6. The van der Waals surface area contributed by atoms with Crippen LogP contribution in [0.3, 0.4) is 0 Å². The molecule has 1 N–H and O–H groups in total. The monoisotopic (exact) mass is 478 g/mol. The number of nitrogens with zero attached hydrogens (tertiary/aromatic N) is 1. The molecule has 0 saturated carbocycles. The average molecular weight is 479 g/mol. The molecule has 1 fully saturated rings. The molecule has 0 bridgehead atoms. The van der Waals surface area contributed by atoms with Gasteiger partial charge < -0.3 is 19.7 Å². The lowest BCUT2D eigenvalue weighted by Crippen LogP contribution is -2.35. The summed E-state index contributed by atoms with van der Waals surface area (Å²) in [6, 6.07) is 22.2. The number of carbonyl (C=O) groups is 2. The van der Waals surface area contributed by atoms with E-state index in [1.54, 1.807) is 49.5 Å². The van der Waals surface area contributed by atoms with Gasteiger partial charge in [-0.2, -0.15) is 0 Å². The van der Waals surface area contributed by atoms with E-state index in [9.17, 15) is 9.59 Å². The second kappa shape index (κ2) is 10.6. The summed E-state index contributed by atoms with van der Waals surface area (Å²) in [4.78, 5) is 28.3. The second-order valence-corrected chi connectivity index (χ2v) is 8.68. The van der Waals surface area contributed by atoms with Crippen LogP contribution in [0.25, 0.3) is 0 Å². The zero-order valence-corrected chi connectivity index (χ0v) is 19.9. The van der Waals surface area contributed by atoms with Crippen molar-refractivity contribution in [2.24, 2.45) is 5.92 Å². The van der Waals surface area contributed by atoms with Crippen LogP contribution in [0, 0.1) is 5.92 Å². The van der Waals surface area contributed by atoms with Crippen LogP contribution in [0.5, 0.6) is 11.5 Å². The van der Waals surface area contributed by atoms with Crippen LogP contribution >= 0.6 is 11.6 Å². The van der Waals surface area contributed by atoms with E-state index in [-0.39, 0.29) is 17.7 Å². The van der Waals surface area contributed by atoms with Gasteiger partial charge in [-0.05, 0) is 29.8 Å². The van der Waals surface area contributed by atoms with Crippen LogP contribution in [0.1, 0.15) is 27.4 Å². The van der Waals surface area contributed by atoms with Crippen LogP contribution in [-0.2, 0) is 11.3 Å². The summed E-state index contributed by atoms with van der Waals surface area (Å²) in [5.41, 5.74) is 2.38. The molecule has 4 rings (SSSR count). The number of hydrogen-bond acceptors (Lipinski definition) is 4. The largest absolute Gasteiger partial charge is 0.497 e. The molecule has 3 aromatic carbocycles. The lowest BCUT2D eigenvalue weighted by Gasteiger charge is -2.21. The number of amides is 2. The normalized spacial score (nSPS) is 17.3. The Hall–Kier alpha value is -3.51. The van der Waals surface area contributed by atoms with Gasteiger partial charge in [0.2, 0.25) is 5.91 Å². The number of hydrogen-bond donors (Lipinski definition) is 1. The van der Waals surface area contributed by atoms with Crippen molar-refractivity contribution in [3.05, 3.63) is 94.5 Å². The zero-order chi connectivity index (χ0) is 24.1. The van der Waals surface area contributed by atoms with Gasteiger partial charge in [-0.15, -0.1) is 0 Å². The Labute approximate surface area is 204 Å². The number of nitrogens with one attached hydrogen (secondary N) is 1. The maximum atomic E-state index is 13.3. The molecule has 0 aliphatic carbocycles. The van der Waals surface area contributed by atoms with Gasteiger partial charge in [0.1, 0.15) is 11.5 Å². The number of carbonyl (C=O) groups excluding carboxylic acids is 2. The number of halogens is 1. The highest BCUT2D eigenvalue weighted by molar-refractivity contribution is 6.30. The topological polar surface area (TPSA) is 67.9 Å². The summed E-state index contributed by atoms with van der Waals surface area (Å²) in [5, 5.41) is 3.54. The lowest BCUT2D eigenvalue weighted by molar-refractivity contribution is -0.125. The molecule has 1 aliphatic heterocycles. The summed E-state index contributed by atoms with van der Waals surface area (Å²) >= 11 is 6.10. The Morgan fingerprint density at radius 3 is 2.47 bits per heavy atom. The zero-order valence-electron chi connectivity index (χ0n) is 19.2. The molecule has 1 heterocycles. The predicted octanol–water partition coefficient (Wildman–Crippen LogP) is 4.53. The standard InChI is InChI=1S/C27H27ClN2O4/c1-33-21-11-12-22(25(14-21)34-2)23-16-30(27(32)19-9-6-10-20(28)13-19)17-24(23)26(31)29-15-18-7-4-3-5-8-18/h3-14,23-24H,15-17H2,1-2H3,(H,29,31)/t23-,24-/m1/s1. The Morgan fingerprint density at radius 2 is 1.76 bits per heavy atom. The van der Waals surface area contributed by atoms with Gasteiger partial charge >= 0.3 is 0 Å². The minimum Gasteiger partial charge on any atom is -0.497 e. The van der Waals surface area contributed by atoms with Crippen molar-refractivity contribution in [1.82, 2.24) is 10.2 Å². The molecular weight excluding hydrogens is 452 g/mol. The van der Waals surface area contributed by atoms with E-state index in [4.69, 9.17) is 21.1 Å². The quantitative estimate of drug-likeness (QED) is 0.541. The summed E-state index contributed by atoms with van der Waals surface area (Å²) in [7, 11) is 3.18. The van der Waals surface area contributed by atoms with E-state index in [0.717, 1.165) is 11.1 Å². The van der Waals surface area contributed by atoms with E-state index in [1.165, 1.54) is 0 Å². The molecule has 6 nitrogen and oxygen atoms in total. The molecule has 7 heteroatoms. The third-order valence-electron chi connectivity index (χ3n) is 6.17. The summed E-state index contributed by atoms with van der Waals surface area (Å²) < 4.78 is 10.9. The SMILES string of the molecule is COc1ccc([C@H]2CN(C(=O)c3cccc(Cl)c3)C[C@H]2C(=O)NCc2ccccc2)c(OC)c1. The van der Waals surface area contributed by atoms with Crippen molar-refractivity contribution < 1.29 is 19.1 Å². The fraction of sp³-hybridized carbons (Fsp3) is 0.259. The molecule has 1 saturated heterocycles. The average Bonchev–Trinajstić information content (AvgIpc) is 3.32. The van der Waals surface area contributed by atoms with Gasteiger partial charge in [-0.1, -0.05) is 54.1 Å². The third-order valence-corrected chi connectivity index (χ3v) is 6.40. The van der Waals surface area contributed by atoms with Crippen LogP contribution in [0.2, 0.25) is 5.02 Å². The Morgan fingerprint density at radius 1 is 0.971 bits per heavy atom. The van der Waals surface area contributed by atoms with Crippen molar-refractivity contribution in [3.63, 3.8) is 0 Å². The Kier molecular flexibility index (Phi) is 7.38. The van der Waals surface area contributed by atoms with Crippen molar-refractivity contribution in [1.29, 1.82) is 0 Å². The van der Waals surface area contributed by atoms with Crippen LogP contribution in [-0.4, -0.2) is 44.0 Å². The Bertz CT molecular complexity index is 1170. The summed E-state index contributed by atoms with van der Waals surface area (Å²) in [6.07, 6.45) is 0. The van der Waals surface area contributed by atoms with Crippen molar-refractivity contribution in [3.8, 4) is 11.5 Å². The van der Waals surface area contributed by atoms with Crippen LogP contribution in [0.15, 0.2) is 72.8 Å². The highest BCUT2D eigenvalue weighted by Gasteiger charge is 2.41. The summed E-state index contributed by atoms with van der Waals surface area (Å²) in [5.74, 6) is 0.359. The van der Waals surface area contributed by atoms with Gasteiger partial charge in [-0.25, -0.2) is 0 Å². The van der Waals surface area contributed by atoms with Crippen molar-refractivity contribution in [2.45, 2.75) is 12.5 Å². The predicted molar refractivity (Wildman–Crippen MR) is 131 cm³/mol. The minimum absolute atomic E-state index is 0.104. The summed E-state index contributed by atoms with van der Waals surface area (Å²) in [6.45, 7) is 1.11. The van der Waals surface area contributed by atoms with Crippen molar-refractivity contribution >= 4 is 23.4 Å². The maximum Gasteiger partial charge on any atom is 0.253 e. The van der Waals surface area contributed by atoms with Gasteiger partial charge in [0.05, 0.1) is 20.1 Å². The Balaban J connectivity index is 1.61. The fourth-order valence-electron chi connectivity index (χ4n) is 4.40. The van der Waals surface area contributed by atoms with Crippen LogP contribution < -0.4 is 14.8 Å². The third kappa shape index (κ3) is 5.18. The maximum absolute atomic E-state index is 13.3. The first-order valence-corrected chi connectivity index (χ1v) is 11.5. The number of methoxy groups -OCH3 is 2. The van der Waals surface area contributed by atoms with Crippen molar-refractivity contribution in [2.75, 3.05) is 27.3 Å². The van der Waals surface area contributed by atoms with Gasteiger partial charge in [0.25, 0.3) is 5.91 Å². The molecule has 0 aromatic heterocycles. The number of likely N-dealkylation sites (tertiary alicyclic amines) is 1. The van der Waals surface area contributed by atoms with E-state index < -0.39 is 5.92 Å². The molecule has 2 amide bonds. The second-order valence-electron chi connectivity index (χ2n) is 8.24. The van der Waals surface area contributed by atoms with E-state index in [2.05, 4.69) is 5.32 Å². The first-order valence-electron chi connectivity index (χ1n) is 11.1. The van der Waals surface area contributed by atoms with Crippen LogP contribution in [0.4, 0.5) is 0 Å².